The Bertz CT molecular complexity index is 977. The topological polar surface area (TPSA) is 104 Å². The summed E-state index contributed by atoms with van der Waals surface area (Å²) in [4.78, 5) is 19.6. The lowest BCUT2D eigenvalue weighted by Gasteiger charge is -2.08. The van der Waals surface area contributed by atoms with E-state index in [-0.39, 0.29) is 17.3 Å². The third-order valence-electron chi connectivity index (χ3n) is 3.62. The second-order valence-electron chi connectivity index (χ2n) is 5.56. The van der Waals surface area contributed by atoms with Crippen molar-refractivity contribution in [3.05, 3.63) is 53.8 Å². The monoisotopic (exact) mass is 390 g/mol. The minimum absolute atomic E-state index is 0.148. The van der Waals surface area contributed by atoms with Gasteiger partial charge in [-0.2, -0.15) is 0 Å². The van der Waals surface area contributed by atoms with E-state index in [0.29, 0.717) is 12.1 Å². The van der Waals surface area contributed by atoms with Crippen LogP contribution in [0.5, 0.6) is 0 Å². The predicted molar refractivity (Wildman–Crippen MR) is 102 cm³/mol. The predicted octanol–water partition coefficient (Wildman–Crippen LogP) is 2.62. The van der Waals surface area contributed by atoms with Crippen LogP contribution < -0.4 is 10.0 Å². The highest BCUT2D eigenvalue weighted by atomic mass is 32.2. The van der Waals surface area contributed by atoms with Gasteiger partial charge in [-0.15, -0.1) is 11.3 Å². The van der Waals surface area contributed by atoms with E-state index in [9.17, 15) is 13.2 Å². The Morgan fingerprint density at radius 3 is 2.65 bits per heavy atom. The van der Waals surface area contributed by atoms with Crippen molar-refractivity contribution < 1.29 is 13.2 Å². The second kappa shape index (κ2) is 7.81. The van der Waals surface area contributed by atoms with Crippen molar-refractivity contribution in [3.8, 4) is 10.6 Å². The zero-order valence-corrected chi connectivity index (χ0v) is 15.7. The summed E-state index contributed by atoms with van der Waals surface area (Å²) >= 11 is 1.59. The average Bonchev–Trinajstić information content (AvgIpc) is 3.25. The number of hydrogen-bond donors (Lipinski definition) is 3. The number of aromatic amines is 1. The van der Waals surface area contributed by atoms with Gasteiger partial charge in [0.25, 0.3) is 0 Å². The summed E-state index contributed by atoms with van der Waals surface area (Å²) in [5.41, 5.74) is 2.28. The number of hydrogen-bond acceptors (Lipinski definition) is 5. The van der Waals surface area contributed by atoms with Gasteiger partial charge < -0.3 is 10.3 Å². The molecule has 136 valence electrons. The molecule has 0 aliphatic heterocycles. The Hall–Kier alpha value is -2.49. The first-order chi connectivity index (χ1) is 12.5. The number of nitrogens with zero attached hydrogens (tertiary/aromatic N) is 1. The van der Waals surface area contributed by atoms with E-state index in [1.54, 1.807) is 29.8 Å². The molecule has 3 N–H and O–H groups in total. The van der Waals surface area contributed by atoms with Gasteiger partial charge >= 0.3 is 0 Å². The van der Waals surface area contributed by atoms with Crippen LogP contribution in [-0.2, 0) is 21.2 Å². The first-order valence-electron chi connectivity index (χ1n) is 7.89. The van der Waals surface area contributed by atoms with Gasteiger partial charge in [0.15, 0.2) is 0 Å². The van der Waals surface area contributed by atoms with Crippen molar-refractivity contribution in [3.63, 3.8) is 0 Å². The molecule has 0 aliphatic rings. The number of sulfonamides is 1. The van der Waals surface area contributed by atoms with Gasteiger partial charge in [0, 0.05) is 31.3 Å². The first kappa shape index (κ1) is 18.3. The fourth-order valence-electron chi connectivity index (χ4n) is 2.45. The lowest BCUT2D eigenvalue weighted by Crippen LogP contribution is -2.26. The molecule has 0 spiro atoms. The smallest absolute Gasteiger partial charge is 0.240 e. The maximum absolute atomic E-state index is 12.4. The molecule has 3 rings (SSSR count). The fraction of sp³-hybridized carbons (Fsp3) is 0.176. The van der Waals surface area contributed by atoms with Crippen molar-refractivity contribution in [2.75, 3.05) is 11.9 Å². The SMILES string of the molecule is CC(=O)Nc1ccc(S(=O)(=O)NCCc2[nH]cnc2-c2cccs2)cc1. The van der Waals surface area contributed by atoms with Crippen LogP contribution in [0.25, 0.3) is 10.6 Å². The number of nitrogens with one attached hydrogen (secondary N) is 3. The van der Waals surface area contributed by atoms with E-state index in [1.807, 2.05) is 17.5 Å². The molecule has 0 fully saturated rings. The number of aromatic nitrogens is 2. The molecule has 0 radical (unpaired) electrons. The number of H-pyrrole nitrogens is 1. The quantitative estimate of drug-likeness (QED) is 0.577. The number of carbonyl (C=O) groups is 1. The number of benzene rings is 1. The Morgan fingerprint density at radius 2 is 2.00 bits per heavy atom. The summed E-state index contributed by atoms with van der Waals surface area (Å²) in [6, 6.07) is 9.96. The van der Waals surface area contributed by atoms with Crippen LogP contribution in [0.15, 0.2) is 53.0 Å². The lowest BCUT2D eigenvalue weighted by molar-refractivity contribution is -0.114. The van der Waals surface area contributed by atoms with Crippen molar-refractivity contribution in [1.29, 1.82) is 0 Å². The number of carbonyl (C=O) groups excluding carboxylic acids is 1. The molecule has 26 heavy (non-hydrogen) atoms. The fourth-order valence-corrected chi connectivity index (χ4v) is 4.23. The standard InChI is InChI=1S/C17H18N4O3S2/c1-12(22)21-13-4-6-14(7-5-13)26(23,24)20-9-8-15-17(19-11-18-15)16-3-2-10-25-16/h2-7,10-11,20H,8-9H2,1H3,(H,18,19)(H,21,22). The highest BCUT2D eigenvalue weighted by Crippen LogP contribution is 2.25. The van der Waals surface area contributed by atoms with Crippen LogP contribution >= 0.6 is 11.3 Å². The maximum atomic E-state index is 12.4. The van der Waals surface area contributed by atoms with E-state index < -0.39 is 10.0 Å². The summed E-state index contributed by atoms with van der Waals surface area (Å²) < 4.78 is 27.4. The zero-order valence-electron chi connectivity index (χ0n) is 14.0. The van der Waals surface area contributed by atoms with Gasteiger partial charge in [-0.25, -0.2) is 18.1 Å². The maximum Gasteiger partial charge on any atom is 0.240 e. The normalized spacial score (nSPS) is 11.4. The van der Waals surface area contributed by atoms with E-state index in [2.05, 4.69) is 20.0 Å². The summed E-state index contributed by atoms with van der Waals surface area (Å²) in [5.74, 6) is -0.208. The van der Waals surface area contributed by atoms with Gasteiger partial charge in [0.05, 0.1) is 16.1 Å². The van der Waals surface area contributed by atoms with Gasteiger partial charge in [0.2, 0.25) is 15.9 Å². The number of anilines is 1. The number of thiophene rings is 1. The van der Waals surface area contributed by atoms with Crippen LogP contribution in [0.4, 0.5) is 5.69 Å². The Labute approximate surface area is 155 Å². The van der Waals surface area contributed by atoms with Crippen molar-refractivity contribution in [2.24, 2.45) is 0 Å². The molecule has 0 aliphatic carbocycles. The molecule has 2 heterocycles. The summed E-state index contributed by atoms with van der Waals surface area (Å²) in [6.45, 7) is 1.64. The summed E-state index contributed by atoms with van der Waals surface area (Å²) in [5, 5.41) is 4.57. The van der Waals surface area contributed by atoms with Gasteiger partial charge in [-0.1, -0.05) is 6.07 Å². The molecule has 0 unspecified atom stereocenters. The zero-order chi connectivity index (χ0) is 18.6. The average molecular weight is 390 g/mol. The lowest BCUT2D eigenvalue weighted by atomic mass is 10.2. The molecule has 1 amide bonds. The highest BCUT2D eigenvalue weighted by Gasteiger charge is 2.15. The van der Waals surface area contributed by atoms with Crippen LogP contribution in [0.3, 0.4) is 0 Å². The van der Waals surface area contributed by atoms with E-state index in [1.165, 1.54) is 19.1 Å². The molecule has 0 atom stereocenters. The van der Waals surface area contributed by atoms with E-state index >= 15 is 0 Å². The van der Waals surface area contributed by atoms with Gasteiger partial charge in [0.1, 0.15) is 5.69 Å². The summed E-state index contributed by atoms with van der Waals surface area (Å²) in [7, 11) is -3.62. The Kier molecular flexibility index (Phi) is 5.50. The number of amides is 1. The Morgan fingerprint density at radius 1 is 1.23 bits per heavy atom. The number of imidazole rings is 1. The molecular weight excluding hydrogens is 372 g/mol. The highest BCUT2D eigenvalue weighted by molar-refractivity contribution is 7.89. The van der Waals surface area contributed by atoms with Crippen molar-refractivity contribution in [2.45, 2.75) is 18.2 Å². The van der Waals surface area contributed by atoms with E-state index in [4.69, 9.17) is 0 Å². The largest absolute Gasteiger partial charge is 0.348 e. The van der Waals surface area contributed by atoms with Crippen molar-refractivity contribution in [1.82, 2.24) is 14.7 Å². The van der Waals surface area contributed by atoms with Gasteiger partial charge in [-0.3, -0.25) is 4.79 Å². The third kappa shape index (κ3) is 4.37. The molecule has 1 aromatic carbocycles. The summed E-state index contributed by atoms with van der Waals surface area (Å²) in [6.07, 6.45) is 2.11. The molecule has 3 aromatic rings. The molecule has 7 nitrogen and oxygen atoms in total. The first-order valence-corrected chi connectivity index (χ1v) is 10.3. The van der Waals surface area contributed by atoms with Crippen LogP contribution in [0.2, 0.25) is 0 Å². The van der Waals surface area contributed by atoms with Crippen LogP contribution in [0.1, 0.15) is 12.6 Å². The van der Waals surface area contributed by atoms with Crippen LogP contribution in [-0.4, -0.2) is 30.8 Å². The molecule has 2 aromatic heterocycles. The molecule has 0 saturated heterocycles. The second-order valence-corrected chi connectivity index (χ2v) is 8.27. The minimum Gasteiger partial charge on any atom is -0.348 e. The van der Waals surface area contributed by atoms with E-state index in [0.717, 1.165) is 16.3 Å². The molecule has 0 bridgehead atoms. The van der Waals surface area contributed by atoms with Crippen LogP contribution in [0, 0.1) is 0 Å². The Balaban J connectivity index is 1.62. The minimum atomic E-state index is -3.62. The number of rotatable bonds is 7. The van der Waals surface area contributed by atoms with Gasteiger partial charge in [-0.05, 0) is 35.7 Å². The molecule has 9 heteroatoms. The molecular formula is C17H18N4O3S2. The van der Waals surface area contributed by atoms with Crippen molar-refractivity contribution >= 4 is 33.0 Å². The molecule has 0 saturated carbocycles. The third-order valence-corrected chi connectivity index (χ3v) is 5.98.